The van der Waals surface area contributed by atoms with E-state index in [1.807, 2.05) is 19.3 Å². The molecule has 2 amide bonds. The Morgan fingerprint density at radius 1 is 1.14 bits per heavy atom. The van der Waals surface area contributed by atoms with Crippen LogP contribution in [0.1, 0.15) is 40.0 Å². The Hall–Kier alpha value is -4.05. The minimum atomic E-state index is -0.618. The van der Waals surface area contributed by atoms with Gasteiger partial charge in [0.15, 0.2) is 0 Å². The Morgan fingerprint density at radius 3 is 2.78 bits per heavy atom. The van der Waals surface area contributed by atoms with Crippen molar-refractivity contribution in [2.24, 2.45) is 13.0 Å². The summed E-state index contributed by atoms with van der Waals surface area (Å²) < 4.78 is 16.2. The third-order valence-electron chi connectivity index (χ3n) is 7.43. The maximum atomic E-state index is 14.5. The number of carbonyl (C=O) groups is 2. The van der Waals surface area contributed by atoms with Crippen molar-refractivity contribution in [2.45, 2.75) is 25.3 Å². The normalized spacial score (nSPS) is 19.0. The van der Waals surface area contributed by atoms with Crippen molar-refractivity contribution in [3.05, 3.63) is 65.9 Å². The molecule has 4 aromatic rings. The lowest BCUT2D eigenvalue weighted by atomic mass is 10.1. The number of fused-ring (bicyclic) bond motifs is 3. The minimum absolute atomic E-state index is 0.0558. The van der Waals surface area contributed by atoms with Crippen LogP contribution < -0.4 is 10.6 Å². The molecule has 1 aromatic carbocycles. The third-order valence-corrected chi connectivity index (χ3v) is 7.43. The highest BCUT2D eigenvalue weighted by Gasteiger charge is 2.37. The molecule has 0 radical (unpaired) electrons. The predicted octanol–water partition coefficient (Wildman–Crippen LogP) is 3.57. The topological polar surface area (TPSA) is 108 Å². The number of anilines is 1. The molecule has 2 aliphatic rings. The molecular weight excluding hydrogens is 473 g/mol. The van der Waals surface area contributed by atoms with Crippen molar-refractivity contribution in [1.29, 1.82) is 0 Å². The van der Waals surface area contributed by atoms with E-state index in [2.05, 4.69) is 30.6 Å². The zero-order valence-electron chi connectivity index (χ0n) is 20.5. The molecule has 2 atom stereocenters. The van der Waals surface area contributed by atoms with E-state index >= 15 is 0 Å². The number of likely N-dealkylation sites (tertiary alicyclic amines) is 1. The Labute approximate surface area is 213 Å². The first kappa shape index (κ1) is 23.4. The molecule has 3 N–H and O–H groups in total. The SMILES string of the molecule is Cn1cc(-c2cc3cc(C(=O)Nc4cc(C(=O)NCCN5CC6CCC5C6)ccc4F)cnc3[nH]2)cn1. The van der Waals surface area contributed by atoms with E-state index < -0.39 is 11.7 Å². The van der Waals surface area contributed by atoms with Crippen LogP contribution in [0.2, 0.25) is 0 Å². The van der Waals surface area contributed by atoms with Gasteiger partial charge in [-0.05, 0) is 55.5 Å². The Kier molecular flexibility index (Phi) is 5.96. The number of H-pyrrole nitrogens is 1. The van der Waals surface area contributed by atoms with Crippen LogP contribution >= 0.6 is 0 Å². The highest BCUT2D eigenvalue weighted by molar-refractivity contribution is 6.06. The molecule has 2 bridgehead atoms. The van der Waals surface area contributed by atoms with Crippen molar-refractivity contribution < 1.29 is 14.0 Å². The molecule has 2 fully saturated rings. The summed E-state index contributed by atoms with van der Waals surface area (Å²) in [7, 11) is 1.84. The lowest BCUT2D eigenvalue weighted by Crippen LogP contribution is -2.39. The van der Waals surface area contributed by atoms with Crippen molar-refractivity contribution in [1.82, 2.24) is 30.0 Å². The molecule has 1 saturated carbocycles. The van der Waals surface area contributed by atoms with Crippen LogP contribution in [-0.4, -0.2) is 62.1 Å². The average molecular weight is 502 g/mol. The number of halogens is 1. The smallest absolute Gasteiger partial charge is 0.257 e. The number of rotatable bonds is 7. The molecular formula is C27H28FN7O2. The molecule has 3 aromatic heterocycles. The quantitative estimate of drug-likeness (QED) is 0.359. The van der Waals surface area contributed by atoms with Crippen LogP contribution in [0.3, 0.4) is 0 Å². The first-order chi connectivity index (χ1) is 17.9. The number of aromatic amines is 1. The number of hydrogen-bond acceptors (Lipinski definition) is 5. The highest BCUT2D eigenvalue weighted by Crippen LogP contribution is 2.36. The van der Waals surface area contributed by atoms with Gasteiger partial charge in [-0.1, -0.05) is 0 Å². The van der Waals surface area contributed by atoms with Crippen LogP contribution in [0.5, 0.6) is 0 Å². The zero-order valence-corrected chi connectivity index (χ0v) is 20.5. The second-order valence-electron chi connectivity index (χ2n) is 9.98. The minimum Gasteiger partial charge on any atom is -0.351 e. The molecule has 4 heterocycles. The summed E-state index contributed by atoms with van der Waals surface area (Å²) in [5.41, 5.74) is 2.87. The van der Waals surface area contributed by atoms with Gasteiger partial charge >= 0.3 is 0 Å². The van der Waals surface area contributed by atoms with E-state index in [-0.39, 0.29) is 17.2 Å². The summed E-state index contributed by atoms with van der Waals surface area (Å²) in [5.74, 6) is -0.620. The first-order valence-corrected chi connectivity index (χ1v) is 12.5. The van der Waals surface area contributed by atoms with Crippen molar-refractivity contribution >= 4 is 28.5 Å². The van der Waals surface area contributed by atoms with E-state index in [0.717, 1.165) is 35.7 Å². The Bertz CT molecular complexity index is 1490. The fourth-order valence-electron chi connectivity index (χ4n) is 5.53. The zero-order chi connectivity index (χ0) is 25.5. The standard InChI is InChI=1S/C27H28FN7O2/c1-34-15-20(13-31-34)23-11-18-9-19(12-30-25(18)32-23)27(37)33-24-10-17(3-5-22(24)28)26(36)29-6-7-35-14-16-2-4-21(35)8-16/h3,5,9-13,15-16,21H,2,4,6-8,14H2,1H3,(H,29,36)(H,30,32)(H,33,37). The van der Waals surface area contributed by atoms with Gasteiger partial charge < -0.3 is 15.6 Å². The fourth-order valence-corrected chi connectivity index (χ4v) is 5.53. The maximum Gasteiger partial charge on any atom is 0.257 e. The van der Waals surface area contributed by atoms with Crippen LogP contribution in [0.4, 0.5) is 10.1 Å². The van der Waals surface area contributed by atoms with Gasteiger partial charge in [-0.3, -0.25) is 19.2 Å². The summed E-state index contributed by atoms with van der Waals surface area (Å²) in [5, 5.41) is 10.4. The van der Waals surface area contributed by atoms with Crippen LogP contribution in [0.15, 0.2) is 48.9 Å². The molecule has 10 heteroatoms. The number of benzene rings is 1. The number of amides is 2. The van der Waals surface area contributed by atoms with Gasteiger partial charge in [0.2, 0.25) is 0 Å². The number of aryl methyl sites for hydroxylation is 1. The second kappa shape index (κ2) is 9.44. The second-order valence-corrected chi connectivity index (χ2v) is 9.98. The van der Waals surface area contributed by atoms with Gasteiger partial charge in [0.25, 0.3) is 11.8 Å². The number of piperidine rings is 1. The molecule has 0 spiro atoms. The van der Waals surface area contributed by atoms with Crippen LogP contribution in [-0.2, 0) is 7.05 Å². The lowest BCUT2D eigenvalue weighted by molar-refractivity contribution is 0.0944. The van der Waals surface area contributed by atoms with E-state index in [1.165, 1.54) is 43.7 Å². The van der Waals surface area contributed by atoms with Crippen LogP contribution in [0, 0.1) is 11.7 Å². The average Bonchev–Trinajstić information content (AvgIpc) is 3.69. The number of nitrogens with one attached hydrogen (secondary N) is 3. The third kappa shape index (κ3) is 4.72. The van der Waals surface area contributed by atoms with Crippen molar-refractivity contribution in [3.63, 3.8) is 0 Å². The number of carbonyl (C=O) groups excluding carboxylic acids is 2. The first-order valence-electron chi connectivity index (χ1n) is 12.5. The van der Waals surface area contributed by atoms with Gasteiger partial charge in [-0.15, -0.1) is 0 Å². The maximum absolute atomic E-state index is 14.5. The molecule has 1 aliphatic heterocycles. The van der Waals surface area contributed by atoms with Gasteiger partial charge in [0.05, 0.1) is 23.1 Å². The highest BCUT2D eigenvalue weighted by atomic mass is 19.1. The summed E-state index contributed by atoms with van der Waals surface area (Å²) in [6, 6.07) is 8.20. The number of hydrogen-bond donors (Lipinski definition) is 3. The summed E-state index contributed by atoms with van der Waals surface area (Å²) >= 11 is 0. The number of nitrogens with zero attached hydrogens (tertiary/aromatic N) is 4. The van der Waals surface area contributed by atoms with Crippen molar-refractivity contribution in [2.75, 3.05) is 25.0 Å². The molecule has 1 aliphatic carbocycles. The van der Waals surface area contributed by atoms with Crippen molar-refractivity contribution in [3.8, 4) is 11.3 Å². The summed E-state index contributed by atoms with van der Waals surface area (Å²) in [4.78, 5) is 35.6. The van der Waals surface area contributed by atoms with E-state index in [9.17, 15) is 14.0 Å². The van der Waals surface area contributed by atoms with Gasteiger partial charge in [0.1, 0.15) is 11.5 Å². The molecule has 190 valence electrons. The molecule has 1 saturated heterocycles. The molecule has 37 heavy (non-hydrogen) atoms. The van der Waals surface area contributed by atoms with Gasteiger partial charge in [0, 0.05) is 61.6 Å². The van der Waals surface area contributed by atoms with E-state index in [1.54, 1.807) is 16.9 Å². The Morgan fingerprint density at radius 2 is 2.03 bits per heavy atom. The predicted molar refractivity (Wildman–Crippen MR) is 138 cm³/mol. The van der Waals surface area contributed by atoms with Crippen LogP contribution in [0.25, 0.3) is 22.3 Å². The molecule has 9 nitrogen and oxygen atoms in total. The largest absolute Gasteiger partial charge is 0.351 e. The van der Waals surface area contributed by atoms with E-state index in [4.69, 9.17) is 0 Å². The molecule has 2 unspecified atom stereocenters. The number of pyridine rings is 1. The van der Waals surface area contributed by atoms with Gasteiger partial charge in [-0.25, -0.2) is 9.37 Å². The Balaban J connectivity index is 1.11. The fraction of sp³-hybridized carbons (Fsp3) is 0.333. The molecule has 6 rings (SSSR count). The van der Waals surface area contributed by atoms with Gasteiger partial charge in [-0.2, -0.15) is 5.10 Å². The van der Waals surface area contributed by atoms with E-state index in [0.29, 0.717) is 23.8 Å². The number of aromatic nitrogens is 4. The summed E-state index contributed by atoms with van der Waals surface area (Å²) in [6.45, 7) is 2.46. The monoisotopic (exact) mass is 501 g/mol. The lowest BCUT2D eigenvalue weighted by Gasteiger charge is -2.26. The summed E-state index contributed by atoms with van der Waals surface area (Å²) in [6.07, 6.45) is 8.88.